The molecule has 5 nitrogen and oxygen atoms in total. The predicted octanol–water partition coefficient (Wildman–Crippen LogP) is 11.5. The Morgan fingerprint density at radius 3 is 2.02 bits per heavy atom. The van der Waals surface area contributed by atoms with Crippen molar-refractivity contribution in [3.63, 3.8) is 0 Å². The lowest BCUT2D eigenvalue weighted by Gasteiger charge is -2.18. The molecule has 4 heterocycles. The highest BCUT2D eigenvalue weighted by atomic mass is 16.5. The summed E-state index contributed by atoms with van der Waals surface area (Å²) in [6.45, 7) is 0. The smallest absolute Gasteiger partial charge is 0.145 e. The van der Waals surface area contributed by atoms with Gasteiger partial charge in [-0.1, -0.05) is 97.1 Å². The zero-order valence-electron chi connectivity index (χ0n) is 28.5. The fourth-order valence-electron chi connectivity index (χ4n) is 8.64. The minimum atomic E-state index is 0.0244. The normalized spacial score (nSPS) is 15.9. The van der Waals surface area contributed by atoms with E-state index >= 15 is 0 Å². The molecule has 6 aromatic carbocycles. The fourth-order valence-corrected chi connectivity index (χ4v) is 8.64. The number of hydrogen-bond acceptors (Lipinski definition) is 3. The highest BCUT2D eigenvalue weighted by molar-refractivity contribution is 6.12. The molecule has 11 rings (SSSR count). The molecular weight excluding hydrogens is 649 g/mol. The molecule has 3 aromatic heterocycles. The maximum absolute atomic E-state index is 10.2. The Morgan fingerprint density at radius 2 is 1.25 bits per heavy atom. The summed E-state index contributed by atoms with van der Waals surface area (Å²) >= 11 is 0. The van der Waals surface area contributed by atoms with Crippen LogP contribution in [0.3, 0.4) is 0 Å². The number of benzene rings is 6. The van der Waals surface area contributed by atoms with Crippen molar-refractivity contribution in [2.75, 3.05) is 0 Å². The monoisotopic (exact) mass is 678 g/mol. The van der Waals surface area contributed by atoms with Crippen molar-refractivity contribution in [1.82, 2.24) is 14.1 Å². The predicted molar refractivity (Wildman–Crippen MR) is 214 cm³/mol. The van der Waals surface area contributed by atoms with Gasteiger partial charge in [0.15, 0.2) is 0 Å². The van der Waals surface area contributed by atoms with Crippen LogP contribution in [0, 0.1) is 11.3 Å². The van der Waals surface area contributed by atoms with Crippen molar-refractivity contribution >= 4 is 43.6 Å². The van der Waals surface area contributed by atoms with Crippen molar-refractivity contribution in [3.05, 3.63) is 181 Å². The third-order valence-corrected chi connectivity index (χ3v) is 11.0. The largest absolute Gasteiger partial charge is 0.484 e. The fraction of sp³-hybridized carbons (Fsp3) is 0.0417. The van der Waals surface area contributed by atoms with E-state index in [4.69, 9.17) is 9.72 Å². The van der Waals surface area contributed by atoms with Crippen LogP contribution in [0.1, 0.15) is 17.0 Å². The summed E-state index contributed by atoms with van der Waals surface area (Å²) in [6.07, 6.45) is 10.4. The van der Waals surface area contributed by atoms with E-state index in [0.29, 0.717) is 5.56 Å². The van der Waals surface area contributed by atoms with E-state index in [1.165, 1.54) is 16.3 Å². The van der Waals surface area contributed by atoms with Gasteiger partial charge in [0.25, 0.3) is 0 Å². The zero-order chi connectivity index (χ0) is 35.0. The van der Waals surface area contributed by atoms with Gasteiger partial charge in [-0.05, 0) is 72.3 Å². The lowest BCUT2D eigenvalue weighted by molar-refractivity contribution is 0.270. The topological polar surface area (TPSA) is 55.8 Å². The van der Waals surface area contributed by atoms with Gasteiger partial charge in [0.1, 0.15) is 17.7 Å². The molecule has 248 valence electrons. The molecule has 0 saturated heterocycles. The number of rotatable bonds is 4. The van der Waals surface area contributed by atoms with E-state index in [-0.39, 0.29) is 12.0 Å². The Kier molecular flexibility index (Phi) is 6.37. The number of fused-ring (bicyclic) bond motifs is 9. The Morgan fingerprint density at radius 1 is 0.566 bits per heavy atom. The molecule has 1 aliphatic heterocycles. The van der Waals surface area contributed by atoms with Crippen LogP contribution in [0.15, 0.2) is 170 Å². The summed E-state index contributed by atoms with van der Waals surface area (Å²) in [7, 11) is 0. The molecule has 0 radical (unpaired) electrons. The number of para-hydroxylation sites is 4. The number of aromatic nitrogens is 3. The highest BCUT2D eigenvalue weighted by Crippen LogP contribution is 2.48. The van der Waals surface area contributed by atoms with Gasteiger partial charge in [-0.3, -0.25) is 4.57 Å². The van der Waals surface area contributed by atoms with Crippen molar-refractivity contribution in [3.8, 4) is 45.6 Å². The first-order chi connectivity index (χ1) is 26.3. The van der Waals surface area contributed by atoms with E-state index in [2.05, 4.69) is 161 Å². The Balaban J connectivity index is 1.14. The average molecular weight is 679 g/mol. The SMILES string of the molecule is N#Cc1ccc(-n2c3ccccc3c3ccccc32)c(-c2cccnc2-n2c3ccccc3c3cc(-c4cccc5c4OC4C=CC=CC54)ccc32)c1. The van der Waals surface area contributed by atoms with Crippen molar-refractivity contribution in [1.29, 1.82) is 5.26 Å². The van der Waals surface area contributed by atoms with E-state index in [0.717, 1.165) is 72.3 Å². The highest BCUT2D eigenvalue weighted by Gasteiger charge is 2.34. The number of ether oxygens (including phenoxy) is 1. The zero-order valence-corrected chi connectivity index (χ0v) is 28.5. The second-order valence-corrected chi connectivity index (χ2v) is 13.8. The Hall–Kier alpha value is -7.16. The van der Waals surface area contributed by atoms with Crippen LogP contribution in [0.2, 0.25) is 0 Å². The molecule has 53 heavy (non-hydrogen) atoms. The van der Waals surface area contributed by atoms with Crippen LogP contribution in [0.4, 0.5) is 0 Å². The summed E-state index contributed by atoms with van der Waals surface area (Å²) in [5.74, 6) is 1.99. The van der Waals surface area contributed by atoms with Crippen molar-refractivity contribution in [2.24, 2.45) is 0 Å². The lowest BCUT2D eigenvalue weighted by Crippen LogP contribution is -2.15. The first-order valence-corrected chi connectivity index (χ1v) is 17.9. The third-order valence-electron chi connectivity index (χ3n) is 11.0. The van der Waals surface area contributed by atoms with Gasteiger partial charge < -0.3 is 9.30 Å². The number of hydrogen-bond donors (Lipinski definition) is 0. The van der Waals surface area contributed by atoms with Gasteiger partial charge >= 0.3 is 0 Å². The van der Waals surface area contributed by atoms with Gasteiger partial charge in [-0.25, -0.2) is 4.98 Å². The summed E-state index contributed by atoms with van der Waals surface area (Å²) in [5.41, 5.74) is 11.2. The molecule has 5 heteroatoms. The molecular formula is C48H30N4O. The van der Waals surface area contributed by atoms with Crippen LogP contribution < -0.4 is 4.74 Å². The lowest BCUT2D eigenvalue weighted by atomic mass is 9.90. The Labute approximate surface area is 305 Å². The maximum Gasteiger partial charge on any atom is 0.145 e. The van der Waals surface area contributed by atoms with Gasteiger partial charge in [-0.15, -0.1) is 0 Å². The second kappa shape index (κ2) is 11.4. The third kappa shape index (κ3) is 4.33. The van der Waals surface area contributed by atoms with Crippen LogP contribution in [0.5, 0.6) is 5.75 Å². The van der Waals surface area contributed by atoms with Crippen LogP contribution in [-0.4, -0.2) is 20.2 Å². The Bertz CT molecular complexity index is 3030. The summed E-state index contributed by atoms with van der Waals surface area (Å²) in [6, 6.07) is 51.3. The van der Waals surface area contributed by atoms with Crippen LogP contribution >= 0.6 is 0 Å². The molecule has 0 spiro atoms. The molecule has 9 aromatic rings. The first-order valence-electron chi connectivity index (χ1n) is 17.9. The molecule has 2 aliphatic rings. The molecule has 0 amide bonds. The van der Waals surface area contributed by atoms with Crippen LogP contribution in [0.25, 0.3) is 77.4 Å². The molecule has 0 N–H and O–H groups in total. The van der Waals surface area contributed by atoms with E-state index in [9.17, 15) is 5.26 Å². The van der Waals surface area contributed by atoms with Gasteiger partial charge in [0, 0.05) is 55.9 Å². The van der Waals surface area contributed by atoms with E-state index in [1.807, 2.05) is 24.4 Å². The summed E-state index contributed by atoms with van der Waals surface area (Å²) < 4.78 is 11.2. The van der Waals surface area contributed by atoms with Crippen molar-refractivity contribution in [2.45, 2.75) is 12.0 Å². The number of nitriles is 1. The quantitative estimate of drug-likeness (QED) is 0.186. The van der Waals surface area contributed by atoms with Crippen molar-refractivity contribution < 1.29 is 4.74 Å². The molecule has 1 aliphatic carbocycles. The second-order valence-electron chi connectivity index (χ2n) is 13.8. The molecule has 0 bridgehead atoms. The molecule has 0 saturated carbocycles. The minimum Gasteiger partial charge on any atom is -0.484 e. The summed E-state index contributed by atoms with van der Waals surface area (Å²) in [4.78, 5) is 5.11. The maximum atomic E-state index is 10.2. The number of allylic oxidation sites excluding steroid dienone is 2. The van der Waals surface area contributed by atoms with E-state index < -0.39 is 0 Å². The minimum absolute atomic E-state index is 0.0244. The first kappa shape index (κ1) is 29.6. The summed E-state index contributed by atoms with van der Waals surface area (Å²) in [5, 5.41) is 14.8. The van der Waals surface area contributed by atoms with E-state index in [1.54, 1.807) is 0 Å². The standard InChI is InChI=1S/C48H30N4O/c49-29-30-22-24-44(51-41-18-5-1-11-33(41)34-12-2-6-19-42(34)51)39(27-30)38-17-10-26-50-48(38)52-43-20-7-3-13-35(43)40-28-31(23-25-45(40)52)32-15-9-16-37-36-14-4-8-21-46(36)53-47(32)37/h1-28,36,46H. The van der Waals surface area contributed by atoms with Gasteiger partial charge in [-0.2, -0.15) is 5.26 Å². The molecule has 2 atom stereocenters. The van der Waals surface area contributed by atoms with Gasteiger partial charge in [0.05, 0.1) is 39.4 Å². The molecule has 0 fully saturated rings. The van der Waals surface area contributed by atoms with Gasteiger partial charge in [0.2, 0.25) is 0 Å². The van der Waals surface area contributed by atoms with Crippen LogP contribution in [-0.2, 0) is 0 Å². The number of pyridine rings is 1. The number of nitrogens with zero attached hydrogens (tertiary/aromatic N) is 4. The average Bonchev–Trinajstić information content (AvgIpc) is 3.88. The molecule has 2 unspecified atom stereocenters.